The molecule has 0 aliphatic rings. The molecule has 0 heterocycles. The molecule has 0 N–H and O–H groups in total. The highest BCUT2D eigenvalue weighted by atomic mass is 14.6. The van der Waals surface area contributed by atoms with Gasteiger partial charge in [-0.3, -0.25) is 0 Å². The zero-order chi connectivity index (χ0) is 11.1. The predicted octanol–water partition coefficient (Wildman–Crippen LogP) is 2.82. The van der Waals surface area contributed by atoms with Gasteiger partial charge in [-0.1, -0.05) is 39.9 Å². The molecule has 3 unspecified atom stereocenters. The first-order valence-electron chi connectivity index (χ1n) is 5.95. The molecule has 0 rings (SSSR count). The number of hydrogen-bond acceptors (Lipinski definition) is 1. The SMILES string of the molecule is BC(C)C(C/C=N\C)C(CC)C(C)C. The molecule has 1 nitrogen and oxygen atoms in total. The molecular formula is C12H26BN. The molecule has 0 spiro atoms. The first-order chi connectivity index (χ1) is 6.54. The van der Waals surface area contributed by atoms with E-state index >= 15 is 0 Å². The van der Waals surface area contributed by atoms with Gasteiger partial charge in [-0.2, -0.15) is 0 Å². The quantitative estimate of drug-likeness (QED) is 0.456. The van der Waals surface area contributed by atoms with E-state index in [1.54, 1.807) is 0 Å². The van der Waals surface area contributed by atoms with E-state index in [-0.39, 0.29) is 0 Å². The summed E-state index contributed by atoms with van der Waals surface area (Å²) in [4.78, 5) is 4.11. The van der Waals surface area contributed by atoms with Crippen molar-refractivity contribution in [1.82, 2.24) is 0 Å². The normalized spacial score (nSPS) is 18.7. The molecule has 0 amide bonds. The summed E-state index contributed by atoms with van der Waals surface area (Å²) < 4.78 is 0. The van der Waals surface area contributed by atoms with Crippen LogP contribution in [0.15, 0.2) is 4.99 Å². The van der Waals surface area contributed by atoms with Crippen LogP contribution in [0, 0.1) is 17.8 Å². The van der Waals surface area contributed by atoms with Crippen molar-refractivity contribution in [1.29, 1.82) is 0 Å². The minimum Gasteiger partial charge on any atom is -0.301 e. The molecule has 0 saturated carbocycles. The van der Waals surface area contributed by atoms with Crippen molar-refractivity contribution in [2.75, 3.05) is 7.05 Å². The van der Waals surface area contributed by atoms with E-state index in [9.17, 15) is 0 Å². The minimum absolute atomic E-state index is 0.764. The van der Waals surface area contributed by atoms with Gasteiger partial charge in [0.05, 0.1) is 0 Å². The third-order valence-corrected chi connectivity index (χ3v) is 3.29. The molecule has 0 aliphatic heterocycles. The van der Waals surface area contributed by atoms with E-state index in [1.807, 2.05) is 7.05 Å². The zero-order valence-corrected chi connectivity index (χ0v) is 10.7. The average Bonchev–Trinajstić information content (AvgIpc) is 2.10. The fraction of sp³-hybridized carbons (Fsp3) is 0.917. The Bertz CT molecular complexity index is 164. The van der Waals surface area contributed by atoms with Gasteiger partial charge in [0.2, 0.25) is 0 Å². The van der Waals surface area contributed by atoms with Crippen molar-refractivity contribution >= 4 is 14.1 Å². The van der Waals surface area contributed by atoms with Crippen molar-refractivity contribution in [3.63, 3.8) is 0 Å². The Morgan fingerprint density at radius 1 is 1.21 bits per heavy atom. The molecule has 2 heteroatoms. The van der Waals surface area contributed by atoms with E-state index in [1.165, 1.54) is 6.42 Å². The lowest BCUT2D eigenvalue weighted by Gasteiger charge is -2.31. The lowest BCUT2D eigenvalue weighted by Crippen LogP contribution is -2.23. The van der Waals surface area contributed by atoms with Gasteiger partial charge in [-0.05, 0) is 30.4 Å². The Morgan fingerprint density at radius 2 is 1.79 bits per heavy atom. The van der Waals surface area contributed by atoms with Gasteiger partial charge in [0, 0.05) is 7.05 Å². The van der Waals surface area contributed by atoms with Crippen molar-refractivity contribution < 1.29 is 0 Å². The van der Waals surface area contributed by atoms with Gasteiger partial charge in [0.15, 0.2) is 0 Å². The van der Waals surface area contributed by atoms with Crippen LogP contribution in [0.5, 0.6) is 0 Å². The summed E-state index contributed by atoms with van der Waals surface area (Å²) in [5.74, 6) is 3.19. The van der Waals surface area contributed by atoms with Gasteiger partial charge in [0.25, 0.3) is 0 Å². The third kappa shape index (κ3) is 4.30. The van der Waals surface area contributed by atoms with Crippen LogP contribution in [-0.2, 0) is 0 Å². The molecule has 0 saturated heterocycles. The summed E-state index contributed by atoms with van der Waals surface area (Å²) in [6.07, 6.45) is 4.51. The molecule has 0 aromatic rings. The molecule has 82 valence electrons. The summed E-state index contributed by atoms with van der Waals surface area (Å²) in [6.45, 7) is 9.32. The standard InChI is InChI=1S/C12H26BN/c1-6-11(9(2)3)12(10(4)13)7-8-14-5/h8-12H,6-7,13H2,1-5H3/b14-8-. The van der Waals surface area contributed by atoms with Crippen LogP contribution in [-0.4, -0.2) is 21.1 Å². The highest BCUT2D eigenvalue weighted by Gasteiger charge is 2.24. The van der Waals surface area contributed by atoms with E-state index < -0.39 is 0 Å². The first kappa shape index (κ1) is 13.7. The number of aliphatic imine (C=N–C) groups is 1. The van der Waals surface area contributed by atoms with Crippen LogP contribution in [0.25, 0.3) is 0 Å². The van der Waals surface area contributed by atoms with Crippen molar-refractivity contribution in [3.05, 3.63) is 0 Å². The number of nitrogens with zero attached hydrogens (tertiary/aromatic N) is 1. The summed E-state index contributed by atoms with van der Waals surface area (Å²) in [5, 5.41) is 0. The molecule has 0 bridgehead atoms. The Labute approximate surface area is 90.8 Å². The number of rotatable bonds is 6. The molecule has 0 aromatic heterocycles. The summed E-state index contributed by atoms with van der Waals surface area (Å²) >= 11 is 0. The molecule has 14 heavy (non-hydrogen) atoms. The Balaban J connectivity index is 4.43. The van der Waals surface area contributed by atoms with Gasteiger partial charge in [-0.15, -0.1) is 0 Å². The molecular weight excluding hydrogens is 169 g/mol. The van der Waals surface area contributed by atoms with Crippen molar-refractivity contribution in [2.24, 2.45) is 22.7 Å². The highest BCUT2D eigenvalue weighted by molar-refractivity contribution is 6.11. The summed E-state index contributed by atoms with van der Waals surface area (Å²) in [5.41, 5.74) is 0. The minimum atomic E-state index is 0.764. The smallest absolute Gasteiger partial charge is 0.105 e. The maximum absolute atomic E-state index is 4.11. The Morgan fingerprint density at radius 3 is 2.07 bits per heavy atom. The van der Waals surface area contributed by atoms with Crippen LogP contribution in [0.4, 0.5) is 0 Å². The van der Waals surface area contributed by atoms with E-state index in [2.05, 4.69) is 46.7 Å². The predicted molar refractivity (Wildman–Crippen MR) is 69.1 cm³/mol. The fourth-order valence-electron chi connectivity index (χ4n) is 2.44. The van der Waals surface area contributed by atoms with Gasteiger partial charge in [0.1, 0.15) is 7.85 Å². The molecule has 0 aromatic carbocycles. The average molecular weight is 195 g/mol. The van der Waals surface area contributed by atoms with E-state index in [0.29, 0.717) is 0 Å². The maximum atomic E-state index is 4.11. The second kappa shape index (κ2) is 7.08. The second-order valence-corrected chi connectivity index (χ2v) is 4.90. The van der Waals surface area contributed by atoms with E-state index in [4.69, 9.17) is 0 Å². The fourth-order valence-corrected chi connectivity index (χ4v) is 2.44. The summed E-state index contributed by atoms with van der Waals surface area (Å²) in [6, 6.07) is 0. The largest absolute Gasteiger partial charge is 0.301 e. The van der Waals surface area contributed by atoms with Crippen molar-refractivity contribution in [2.45, 2.75) is 46.4 Å². The molecule has 0 radical (unpaired) electrons. The monoisotopic (exact) mass is 195 g/mol. The second-order valence-electron chi connectivity index (χ2n) is 4.90. The van der Waals surface area contributed by atoms with Gasteiger partial charge >= 0.3 is 0 Å². The summed E-state index contributed by atoms with van der Waals surface area (Å²) in [7, 11) is 4.20. The van der Waals surface area contributed by atoms with Crippen LogP contribution in [0.2, 0.25) is 5.82 Å². The maximum Gasteiger partial charge on any atom is 0.105 e. The van der Waals surface area contributed by atoms with Crippen LogP contribution < -0.4 is 0 Å². The first-order valence-corrected chi connectivity index (χ1v) is 5.95. The molecule has 0 fully saturated rings. The topological polar surface area (TPSA) is 12.4 Å². The number of hydrogen-bond donors (Lipinski definition) is 0. The van der Waals surface area contributed by atoms with Crippen LogP contribution >= 0.6 is 0 Å². The third-order valence-electron chi connectivity index (χ3n) is 3.29. The Kier molecular flexibility index (Phi) is 6.95. The Hall–Kier alpha value is -0.265. The van der Waals surface area contributed by atoms with Crippen LogP contribution in [0.1, 0.15) is 40.5 Å². The molecule has 0 aliphatic carbocycles. The van der Waals surface area contributed by atoms with Gasteiger partial charge < -0.3 is 4.99 Å². The zero-order valence-electron chi connectivity index (χ0n) is 10.7. The molecule has 3 atom stereocenters. The van der Waals surface area contributed by atoms with E-state index in [0.717, 1.165) is 30.0 Å². The lowest BCUT2D eigenvalue weighted by molar-refractivity contribution is 0.246. The van der Waals surface area contributed by atoms with Crippen LogP contribution in [0.3, 0.4) is 0 Å². The highest BCUT2D eigenvalue weighted by Crippen LogP contribution is 2.33. The lowest BCUT2D eigenvalue weighted by atomic mass is 9.67. The van der Waals surface area contributed by atoms with Crippen molar-refractivity contribution in [3.8, 4) is 0 Å². The van der Waals surface area contributed by atoms with Gasteiger partial charge in [-0.25, -0.2) is 0 Å².